The van der Waals surface area contributed by atoms with Gasteiger partial charge in [0.15, 0.2) is 11.5 Å². The summed E-state index contributed by atoms with van der Waals surface area (Å²) in [7, 11) is 0. The van der Waals surface area contributed by atoms with E-state index in [1.165, 1.54) is 5.56 Å². The van der Waals surface area contributed by atoms with E-state index in [1.807, 2.05) is 18.2 Å². The van der Waals surface area contributed by atoms with Crippen molar-refractivity contribution in [3.63, 3.8) is 0 Å². The van der Waals surface area contributed by atoms with Crippen LogP contribution in [0.5, 0.6) is 11.5 Å². The Bertz CT molecular complexity index is 679. The third-order valence-corrected chi connectivity index (χ3v) is 4.21. The molecule has 0 saturated carbocycles. The van der Waals surface area contributed by atoms with Crippen LogP contribution in [0, 0.1) is 0 Å². The fourth-order valence-electron chi connectivity index (χ4n) is 2.61. The predicted molar refractivity (Wildman–Crippen MR) is 85.7 cm³/mol. The lowest BCUT2D eigenvalue weighted by Crippen LogP contribution is -2.10. The van der Waals surface area contributed by atoms with Crippen molar-refractivity contribution in [3.05, 3.63) is 59.2 Å². The molecule has 1 heterocycles. The van der Waals surface area contributed by atoms with Gasteiger partial charge in [-0.05, 0) is 53.3 Å². The van der Waals surface area contributed by atoms with Crippen molar-refractivity contribution >= 4 is 16.8 Å². The highest BCUT2D eigenvalue weighted by atomic mass is 35.5. The molecule has 1 unspecified atom stereocenters. The van der Waals surface area contributed by atoms with Crippen molar-refractivity contribution < 1.29 is 14.3 Å². The van der Waals surface area contributed by atoms with E-state index < -0.39 is 0 Å². The summed E-state index contributed by atoms with van der Waals surface area (Å²) in [6.07, 6.45) is 1.58. The SMILES string of the molecule is CCc1ccc(CC(C(=O)Cl)c2ccc3c(c2)OCO3)cc1. The normalized spacial score (nSPS) is 13.9. The van der Waals surface area contributed by atoms with Gasteiger partial charge in [0.1, 0.15) is 0 Å². The maximum atomic E-state index is 11.9. The molecule has 0 radical (unpaired) electrons. The summed E-state index contributed by atoms with van der Waals surface area (Å²) < 4.78 is 10.7. The van der Waals surface area contributed by atoms with Crippen molar-refractivity contribution in [1.29, 1.82) is 0 Å². The molecule has 0 saturated heterocycles. The third-order valence-electron chi connectivity index (χ3n) is 3.94. The Hall–Kier alpha value is -2.00. The molecule has 22 heavy (non-hydrogen) atoms. The second-order valence-corrected chi connectivity index (χ2v) is 5.72. The van der Waals surface area contributed by atoms with Crippen LogP contribution >= 0.6 is 11.6 Å². The number of carbonyl (C=O) groups excluding carboxylic acids is 1. The Morgan fingerprint density at radius 2 is 1.77 bits per heavy atom. The molecule has 3 nitrogen and oxygen atoms in total. The molecule has 2 aromatic carbocycles. The Balaban J connectivity index is 1.84. The van der Waals surface area contributed by atoms with Crippen LogP contribution in [0.4, 0.5) is 0 Å². The molecule has 1 aliphatic rings. The highest BCUT2D eigenvalue weighted by molar-refractivity contribution is 6.64. The zero-order chi connectivity index (χ0) is 15.5. The highest BCUT2D eigenvalue weighted by Crippen LogP contribution is 2.36. The summed E-state index contributed by atoms with van der Waals surface area (Å²) in [4.78, 5) is 11.9. The molecule has 0 spiro atoms. The van der Waals surface area contributed by atoms with Crippen molar-refractivity contribution in [2.75, 3.05) is 6.79 Å². The minimum Gasteiger partial charge on any atom is -0.454 e. The van der Waals surface area contributed by atoms with Gasteiger partial charge in [-0.2, -0.15) is 0 Å². The standard InChI is InChI=1S/C18H17ClO3/c1-2-12-3-5-13(6-4-12)9-15(18(19)20)14-7-8-16-17(10-14)22-11-21-16/h3-8,10,15H,2,9,11H2,1H3. The molecule has 0 bridgehead atoms. The Morgan fingerprint density at radius 1 is 1.09 bits per heavy atom. The number of hydrogen-bond donors (Lipinski definition) is 0. The molecule has 0 fully saturated rings. The summed E-state index contributed by atoms with van der Waals surface area (Å²) in [5.74, 6) is 0.988. The fourth-order valence-corrected chi connectivity index (χ4v) is 2.81. The zero-order valence-electron chi connectivity index (χ0n) is 12.3. The molecular weight excluding hydrogens is 300 g/mol. The fraction of sp³-hybridized carbons (Fsp3) is 0.278. The third kappa shape index (κ3) is 3.09. The largest absolute Gasteiger partial charge is 0.454 e. The topological polar surface area (TPSA) is 35.5 Å². The smallest absolute Gasteiger partial charge is 0.231 e. The van der Waals surface area contributed by atoms with E-state index in [4.69, 9.17) is 21.1 Å². The highest BCUT2D eigenvalue weighted by Gasteiger charge is 2.22. The lowest BCUT2D eigenvalue weighted by Gasteiger charge is -2.14. The van der Waals surface area contributed by atoms with Crippen LogP contribution in [0.15, 0.2) is 42.5 Å². The minimum absolute atomic E-state index is 0.219. The number of aryl methyl sites for hydroxylation is 1. The van der Waals surface area contributed by atoms with Gasteiger partial charge in [0.2, 0.25) is 12.0 Å². The van der Waals surface area contributed by atoms with E-state index in [-0.39, 0.29) is 18.0 Å². The summed E-state index contributed by atoms with van der Waals surface area (Å²) in [6, 6.07) is 13.8. The number of benzene rings is 2. The first-order valence-electron chi connectivity index (χ1n) is 7.34. The van der Waals surface area contributed by atoms with Crippen molar-refractivity contribution in [2.45, 2.75) is 25.7 Å². The Kier molecular flexibility index (Phi) is 4.34. The lowest BCUT2D eigenvalue weighted by molar-refractivity contribution is -0.113. The van der Waals surface area contributed by atoms with Crippen LogP contribution in [0.2, 0.25) is 0 Å². The second-order valence-electron chi connectivity index (χ2n) is 5.34. The molecule has 1 aliphatic heterocycles. The Labute approximate surface area is 134 Å². The molecule has 0 N–H and O–H groups in total. The van der Waals surface area contributed by atoms with Gasteiger partial charge in [0, 0.05) is 0 Å². The van der Waals surface area contributed by atoms with E-state index in [9.17, 15) is 4.79 Å². The summed E-state index contributed by atoms with van der Waals surface area (Å²) in [6.45, 7) is 2.34. The molecule has 4 heteroatoms. The molecule has 2 aromatic rings. The molecule has 0 aliphatic carbocycles. The van der Waals surface area contributed by atoms with Crippen LogP contribution < -0.4 is 9.47 Å². The first-order chi connectivity index (χ1) is 10.7. The van der Waals surface area contributed by atoms with Gasteiger partial charge < -0.3 is 9.47 Å². The molecule has 0 amide bonds. The molecule has 0 aromatic heterocycles. The van der Waals surface area contributed by atoms with E-state index in [1.54, 1.807) is 0 Å². The minimum atomic E-state index is -0.386. The van der Waals surface area contributed by atoms with Gasteiger partial charge in [0.25, 0.3) is 0 Å². The molecular formula is C18H17ClO3. The average molecular weight is 317 g/mol. The Morgan fingerprint density at radius 3 is 2.45 bits per heavy atom. The quantitative estimate of drug-likeness (QED) is 0.780. The summed E-state index contributed by atoms with van der Waals surface area (Å²) in [5.41, 5.74) is 3.22. The number of hydrogen-bond acceptors (Lipinski definition) is 3. The van der Waals surface area contributed by atoms with Gasteiger partial charge in [-0.15, -0.1) is 0 Å². The van der Waals surface area contributed by atoms with Gasteiger partial charge in [0.05, 0.1) is 5.92 Å². The molecule has 3 rings (SSSR count). The lowest BCUT2D eigenvalue weighted by atomic mass is 9.92. The predicted octanol–water partition coefficient (Wildman–Crippen LogP) is 4.07. The van der Waals surface area contributed by atoms with Crippen LogP contribution in [0.1, 0.15) is 29.5 Å². The van der Waals surface area contributed by atoms with Crippen LogP contribution in [0.25, 0.3) is 0 Å². The van der Waals surface area contributed by atoms with E-state index in [0.717, 1.165) is 17.5 Å². The first-order valence-corrected chi connectivity index (χ1v) is 7.72. The number of ether oxygens (including phenoxy) is 2. The summed E-state index contributed by atoms with van der Waals surface area (Å²) in [5, 5.41) is -0.363. The monoisotopic (exact) mass is 316 g/mol. The average Bonchev–Trinajstić information content (AvgIpc) is 3.00. The van der Waals surface area contributed by atoms with E-state index in [2.05, 4.69) is 31.2 Å². The van der Waals surface area contributed by atoms with Gasteiger partial charge in [-0.3, -0.25) is 4.79 Å². The maximum absolute atomic E-state index is 11.9. The molecule has 1 atom stereocenters. The van der Waals surface area contributed by atoms with Crippen molar-refractivity contribution in [3.8, 4) is 11.5 Å². The van der Waals surface area contributed by atoms with Gasteiger partial charge >= 0.3 is 0 Å². The van der Waals surface area contributed by atoms with E-state index >= 15 is 0 Å². The first kappa shape index (κ1) is 14.9. The van der Waals surface area contributed by atoms with Crippen LogP contribution in [-0.2, 0) is 17.6 Å². The maximum Gasteiger partial charge on any atom is 0.231 e. The zero-order valence-corrected chi connectivity index (χ0v) is 13.1. The number of rotatable bonds is 5. The van der Waals surface area contributed by atoms with Gasteiger partial charge in [-0.25, -0.2) is 0 Å². The second kappa shape index (κ2) is 6.41. The number of halogens is 1. The van der Waals surface area contributed by atoms with Crippen molar-refractivity contribution in [1.82, 2.24) is 0 Å². The van der Waals surface area contributed by atoms with E-state index in [0.29, 0.717) is 17.9 Å². The van der Waals surface area contributed by atoms with Crippen molar-refractivity contribution in [2.24, 2.45) is 0 Å². The summed E-state index contributed by atoms with van der Waals surface area (Å²) >= 11 is 5.83. The molecule has 114 valence electrons. The van der Waals surface area contributed by atoms with Gasteiger partial charge in [-0.1, -0.05) is 37.3 Å². The van der Waals surface area contributed by atoms with Crippen LogP contribution in [-0.4, -0.2) is 12.0 Å². The van der Waals surface area contributed by atoms with Crippen LogP contribution in [0.3, 0.4) is 0 Å². The number of fused-ring (bicyclic) bond motifs is 1. The number of carbonyl (C=O) groups is 1.